The molecule has 0 radical (unpaired) electrons. The van der Waals surface area contributed by atoms with Gasteiger partial charge in [0.15, 0.2) is 0 Å². The second kappa shape index (κ2) is 10.4. The molecule has 0 aromatic carbocycles. The fourth-order valence-electron chi connectivity index (χ4n) is 2.17. The number of hydrogen-bond donors (Lipinski definition) is 0. The first-order valence-electron chi connectivity index (χ1n) is 8.84. The van der Waals surface area contributed by atoms with Crippen molar-refractivity contribution in [1.82, 2.24) is 0 Å². The van der Waals surface area contributed by atoms with Crippen molar-refractivity contribution in [3.05, 3.63) is 0 Å². The lowest BCUT2D eigenvalue weighted by atomic mass is 9.91. The van der Waals surface area contributed by atoms with Gasteiger partial charge in [-0.3, -0.25) is 4.79 Å². The van der Waals surface area contributed by atoms with E-state index in [0.717, 1.165) is 12.8 Å². The molecule has 1 unspecified atom stereocenters. The molecule has 0 saturated carbocycles. The van der Waals surface area contributed by atoms with E-state index in [0.29, 0.717) is 25.2 Å². The molecule has 0 aliphatic rings. The van der Waals surface area contributed by atoms with Crippen LogP contribution >= 0.6 is 0 Å². The summed E-state index contributed by atoms with van der Waals surface area (Å²) in [4.78, 5) is 11.6. The molecule has 0 saturated heterocycles. The van der Waals surface area contributed by atoms with Gasteiger partial charge in [0.05, 0.1) is 18.8 Å². The smallest absolute Gasteiger partial charge is 0.135 e. The molecule has 0 aliphatic heterocycles. The van der Waals surface area contributed by atoms with E-state index in [2.05, 4.69) is 20.8 Å². The SMILES string of the molecule is CC(C)C(=O)CCC(F)C(C)(C)OCCOCCCC(C)(C)C. The highest BCUT2D eigenvalue weighted by molar-refractivity contribution is 5.80. The topological polar surface area (TPSA) is 35.5 Å². The highest BCUT2D eigenvalue weighted by atomic mass is 19.1. The average Bonchev–Trinajstić information content (AvgIpc) is 2.41. The van der Waals surface area contributed by atoms with Crippen LogP contribution in [0.5, 0.6) is 0 Å². The lowest BCUT2D eigenvalue weighted by Gasteiger charge is -2.29. The minimum Gasteiger partial charge on any atom is -0.379 e. The highest BCUT2D eigenvalue weighted by Crippen LogP contribution is 2.23. The van der Waals surface area contributed by atoms with Gasteiger partial charge in [-0.05, 0) is 38.5 Å². The zero-order chi connectivity index (χ0) is 18.1. The third-order valence-electron chi connectivity index (χ3n) is 3.96. The van der Waals surface area contributed by atoms with Crippen LogP contribution < -0.4 is 0 Å². The van der Waals surface area contributed by atoms with E-state index in [1.165, 1.54) is 0 Å². The second-order valence-corrected chi connectivity index (χ2v) is 8.36. The van der Waals surface area contributed by atoms with Crippen LogP contribution in [0.25, 0.3) is 0 Å². The molecule has 0 N–H and O–H groups in total. The third-order valence-corrected chi connectivity index (χ3v) is 3.96. The molecule has 0 aromatic heterocycles. The predicted molar refractivity (Wildman–Crippen MR) is 93.5 cm³/mol. The Bertz CT molecular complexity index is 332. The molecule has 3 nitrogen and oxygen atoms in total. The molecule has 0 spiro atoms. The monoisotopic (exact) mass is 332 g/mol. The van der Waals surface area contributed by atoms with Gasteiger partial charge in [0.2, 0.25) is 0 Å². The van der Waals surface area contributed by atoms with Gasteiger partial charge >= 0.3 is 0 Å². The normalized spacial score (nSPS) is 14.3. The van der Waals surface area contributed by atoms with Crippen LogP contribution in [0.3, 0.4) is 0 Å². The molecule has 0 aliphatic carbocycles. The highest BCUT2D eigenvalue weighted by Gasteiger charge is 2.30. The lowest BCUT2D eigenvalue weighted by molar-refractivity contribution is -0.123. The summed E-state index contributed by atoms with van der Waals surface area (Å²) >= 11 is 0. The number of ketones is 1. The number of ether oxygens (including phenoxy) is 2. The van der Waals surface area contributed by atoms with E-state index in [1.54, 1.807) is 13.8 Å². The summed E-state index contributed by atoms with van der Waals surface area (Å²) in [6.45, 7) is 15.4. The maximum absolute atomic E-state index is 14.2. The number of carbonyl (C=O) groups excluding carboxylic acids is 1. The van der Waals surface area contributed by atoms with Gasteiger partial charge in [-0.1, -0.05) is 34.6 Å². The summed E-state index contributed by atoms with van der Waals surface area (Å²) in [6, 6.07) is 0. The van der Waals surface area contributed by atoms with Gasteiger partial charge in [-0.15, -0.1) is 0 Å². The quantitative estimate of drug-likeness (QED) is 0.473. The summed E-state index contributed by atoms with van der Waals surface area (Å²) in [7, 11) is 0. The molecule has 0 heterocycles. The molecule has 0 fully saturated rings. The van der Waals surface area contributed by atoms with Crippen LogP contribution in [0.4, 0.5) is 4.39 Å². The van der Waals surface area contributed by atoms with E-state index >= 15 is 0 Å². The number of hydrogen-bond acceptors (Lipinski definition) is 3. The van der Waals surface area contributed by atoms with Gasteiger partial charge in [0.25, 0.3) is 0 Å². The van der Waals surface area contributed by atoms with E-state index in [9.17, 15) is 9.18 Å². The third kappa shape index (κ3) is 11.7. The summed E-state index contributed by atoms with van der Waals surface area (Å²) in [5.74, 6) is 0.0679. The van der Waals surface area contributed by atoms with Crippen molar-refractivity contribution < 1.29 is 18.7 Å². The minimum absolute atomic E-state index is 0.0345. The predicted octanol–water partition coefficient (Wildman–Crippen LogP) is 4.97. The van der Waals surface area contributed by atoms with Crippen molar-refractivity contribution in [3.8, 4) is 0 Å². The molecule has 0 bridgehead atoms. The number of halogens is 1. The van der Waals surface area contributed by atoms with Gasteiger partial charge in [0.1, 0.15) is 12.0 Å². The van der Waals surface area contributed by atoms with E-state index < -0.39 is 11.8 Å². The standard InChI is InChI=1S/C19H37FO3/c1-15(2)16(21)9-10-17(20)19(6,7)23-14-13-22-12-8-11-18(3,4)5/h15,17H,8-14H2,1-7H3. The largest absolute Gasteiger partial charge is 0.379 e. The first-order valence-corrected chi connectivity index (χ1v) is 8.84. The molecule has 0 amide bonds. The van der Waals surface area contributed by atoms with Crippen molar-refractivity contribution in [2.24, 2.45) is 11.3 Å². The summed E-state index contributed by atoms with van der Waals surface area (Å²) in [5, 5.41) is 0. The molecule has 138 valence electrons. The fourth-order valence-corrected chi connectivity index (χ4v) is 2.17. The fraction of sp³-hybridized carbons (Fsp3) is 0.947. The summed E-state index contributed by atoms with van der Waals surface area (Å²) in [5.41, 5.74) is -0.553. The summed E-state index contributed by atoms with van der Waals surface area (Å²) in [6.07, 6.45) is 1.49. The van der Waals surface area contributed by atoms with Crippen LogP contribution in [0.2, 0.25) is 0 Å². The Morgan fingerprint density at radius 3 is 2.17 bits per heavy atom. The van der Waals surface area contributed by atoms with Crippen LogP contribution in [0.1, 0.15) is 74.1 Å². The van der Waals surface area contributed by atoms with Crippen molar-refractivity contribution in [2.45, 2.75) is 85.9 Å². The first-order chi connectivity index (χ1) is 10.5. The van der Waals surface area contributed by atoms with Gasteiger partial charge < -0.3 is 9.47 Å². The van der Waals surface area contributed by atoms with E-state index in [-0.39, 0.29) is 24.5 Å². The van der Waals surface area contributed by atoms with E-state index in [4.69, 9.17) is 9.47 Å². The minimum atomic E-state index is -1.15. The van der Waals surface area contributed by atoms with Crippen LogP contribution in [0.15, 0.2) is 0 Å². The van der Waals surface area contributed by atoms with Gasteiger partial charge in [-0.2, -0.15) is 0 Å². The molecule has 0 aromatic rings. The van der Waals surface area contributed by atoms with Crippen LogP contribution in [-0.2, 0) is 14.3 Å². The van der Waals surface area contributed by atoms with Gasteiger partial charge in [0, 0.05) is 18.9 Å². The number of rotatable bonds is 12. The number of alkyl halides is 1. The van der Waals surface area contributed by atoms with Crippen molar-refractivity contribution in [1.29, 1.82) is 0 Å². The number of Topliss-reactive ketones (excluding diaryl/α,β-unsaturated/α-hetero) is 1. The Morgan fingerprint density at radius 1 is 1.04 bits per heavy atom. The molecule has 23 heavy (non-hydrogen) atoms. The Labute approximate surface area is 142 Å². The maximum atomic E-state index is 14.2. The molecule has 1 atom stereocenters. The van der Waals surface area contributed by atoms with Crippen molar-refractivity contribution >= 4 is 5.78 Å². The Hall–Kier alpha value is -0.480. The van der Waals surface area contributed by atoms with Crippen LogP contribution in [-0.4, -0.2) is 37.4 Å². The molecular weight excluding hydrogens is 295 g/mol. The Morgan fingerprint density at radius 2 is 1.65 bits per heavy atom. The molecule has 0 rings (SSSR count). The van der Waals surface area contributed by atoms with Crippen LogP contribution in [0, 0.1) is 11.3 Å². The maximum Gasteiger partial charge on any atom is 0.135 e. The number of carbonyl (C=O) groups is 1. The first kappa shape index (κ1) is 22.5. The Balaban J connectivity index is 3.84. The summed E-state index contributed by atoms with van der Waals surface area (Å²) < 4.78 is 25.4. The molecule has 4 heteroatoms. The average molecular weight is 333 g/mol. The van der Waals surface area contributed by atoms with Crippen molar-refractivity contribution in [3.63, 3.8) is 0 Å². The van der Waals surface area contributed by atoms with Gasteiger partial charge in [-0.25, -0.2) is 4.39 Å². The second-order valence-electron chi connectivity index (χ2n) is 8.36. The zero-order valence-corrected chi connectivity index (χ0v) is 16.2. The van der Waals surface area contributed by atoms with E-state index in [1.807, 2.05) is 13.8 Å². The zero-order valence-electron chi connectivity index (χ0n) is 16.2. The van der Waals surface area contributed by atoms with Crippen molar-refractivity contribution in [2.75, 3.05) is 19.8 Å². The molecular formula is C19H37FO3. The lowest BCUT2D eigenvalue weighted by Crippen LogP contribution is -2.37. The Kier molecular flexibility index (Phi) is 10.2.